The average molecular weight is 214 g/mol. The maximum atomic E-state index is 3.48. The summed E-state index contributed by atoms with van der Waals surface area (Å²) in [5.74, 6) is 0. The van der Waals surface area contributed by atoms with Crippen molar-refractivity contribution >= 4 is 0 Å². The molecule has 15 heavy (non-hydrogen) atoms. The lowest BCUT2D eigenvalue weighted by Gasteiger charge is -2.36. The summed E-state index contributed by atoms with van der Waals surface area (Å²) < 4.78 is 0. The molecule has 0 aromatic rings. The lowest BCUT2D eigenvalue weighted by molar-refractivity contribution is 0.133. The summed E-state index contributed by atoms with van der Waals surface area (Å²) >= 11 is 0. The van der Waals surface area contributed by atoms with Crippen molar-refractivity contribution in [3.63, 3.8) is 0 Å². The van der Waals surface area contributed by atoms with Crippen molar-refractivity contribution in [2.45, 2.75) is 54.0 Å². The van der Waals surface area contributed by atoms with Gasteiger partial charge in [-0.2, -0.15) is 0 Å². The van der Waals surface area contributed by atoms with Crippen molar-refractivity contribution < 1.29 is 0 Å². The summed E-state index contributed by atoms with van der Waals surface area (Å²) in [6, 6.07) is 0.655. The molecule has 1 N–H and O–H groups in total. The van der Waals surface area contributed by atoms with Crippen molar-refractivity contribution in [1.82, 2.24) is 10.2 Å². The third-order valence-corrected chi connectivity index (χ3v) is 3.38. The van der Waals surface area contributed by atoms with Crippen LogP contribution in [0.15, 0.2) is 0 Å². The van der Waals surface area contributed by atoms with Gasteiger partial charge in [0, 0.05) is 19.1 Å². The molecular weight excluding hydrogens is 184 g/mol. The Bertz CT molecular complexity index is 157. The standard InChI is InChI=1S/C13H30N2/c1-7-13(6,10-14-8-2)11-15(9-3)12(4)5/h12,14H,7-11H2,1-6H3. The molecule has 0 saturated carbocycles. The predicted molar refractivity (Wildman–Crippen MR) is 69.3 cm³/mol. The third-order valence-electron chi connectivity index (χ3n) is 3.38. The predicted octanol–water partition coefficient (Wildman–Crippen LogP) is 2.74. The molecule has 0 aliphatic rings. The molecule has 0 rings (SSSR count). The highest BCUT2D eigenvalue weighted by molar-refractivity contribution is 4.80. The molecule has 0 spiro atoms. The van der Waals surface area contributed by atoms with Crippen LogP contribution in [-0.4, -0.2) is 37.1 Å². The van der Waals surface area contributed by atoms with E-state index in [0.29, 0.717) is 11.5 Å². The number of hydrogen-bond donors (Lipinski definition) is 1. The number of nitrogens with zero attached hydrogens (tertiary/aromatic N) is 1. The molecule has 92 valence electrons. The minimum atomic E-state index is 0.413. The quantitative estimate of drug-likeness (QED) is 0.668. The molecule has 1 unspecified atom stereocenters. The van der Waals surface area contributed by atoms with Gasteiger partial charge in [-0.15, -0.1) is 0 Å². The summed E-state index contributed by atoms with van der Waals surface area (Å²) in [6.07, 6.45) is 1.24. The van der Waals surface area contributed by atoms with Crippen LogP contribution in [0.2, 0.25) is 0 Å². The van der Waals surface area contributed by atoms with E-state index in [4.69, 9.17) is 0 Å². The molecule has 1 atom stereocenters. The van der Waals surface area contributed by atoms with E-state index in [0.717, 1.165) is 19.6 Å². The highest BCUT2D eigenvalue weighted by Gasteiger charge is 2.25. The smallest absolute Gasteiger partial charge is 0.00500 e. The molecule has 0 aromatic carbocycles. The normalized spacial score (nSPS) is 16.0. The number of nitrogens with one attached hydrogen (secondary N) is 1. The van der Waals surface area contributed by atoms with Crippen LogP contribution in [-0.2, 0) is 0 Å². The third kappa shape index (κ3) is 5.53. The van der Waals surface area contributed by atoms with Gasteiger partial charge in [0.1, 0.15) is 0 Å². The fraction of sp³-hybridized carbons (Fsp3) is 1.00. The van der Waals surface area contributed by atoms with E-state index >= 15 is 0 Å². The SMILES string of the molecule is CCNCC(C)(CC)CN(CC)C(C)C. The Labute approximate surface area is 96.4 Å². The topological polar surface area (TPSA) is 15.3 Å². The number of rotatable bonds is 8. The van der Waals surface area contributed by atoms with Crippen LogP contribution in [0, 0.1) is 5.41 Å². The molecule has 2 nitrogen and oxygen atoms in total. The number of hydrogen-bond acceptors (Lipinski definition) is 2. The van der Waals surface area contributed by atoms with Gasteiger partial charge in [0.25, 0.3) is 0 Å². The molecule has 0 fully saturated rings. The first-order valence-corrected chi connectivity index (χ1v) is 6.43. The maximum Gasteiger partial charge on any atom is 0.00500 e. The van der Waals surface area contributed by atoms with Gasteiger partial charge >= 0.3 is 0 Å². The molecule has 0 aliphatic carbocycles. The zero-order chi connectivity index (χ0) is 11.9. The largest absolute Gasteiger partial charge is 0.316 e. The van der Waals surface area contributed by atoms with E-state index in [1.165, 1.54) is 13.0 Å². The molecular formula is C13H30N2. The second-order valence-corrected chi connectivity index (χ2v) is 5.10. The van der Waals surface area contributed by atoms with E-state index < -0.39 is 0 Å². The summed E-state index contributed by atoms with van der Waals surface area (Å²) in [4.78, 5) is 2.56. The van der Waals surface area contributed by atoms with Gasteiger partial charge in [0.2, 0.25) is 0 Å². The second-order valence-electron chi connectivity index (χ2n) is 5.10. The highest BCUT2D eigenvalue weighted by atomic mass is 15.1. The van der Waals surface area contributed by atoms with Crippen LogP contribution in [0.1, 0.15) is 48.0 Å². The first-order valence-electron chi connectivity index (χ1n) is 6.43. The molecule has 0 radical (unpaired) electrons. The minimum absolute atomic E-state index is 0.413. The molecule has 0 amide bonds. The Morgan fingerprint density at radius 3 is 2.13 bits per heavy atom. The molecule has 0 heterocycles. The first kappa shape index (κ1) is 14.9. The molecule has 0 saturated heterocycles. The first-order chi connectivity index (χ1) is 6.99. The van der Waals surface area contributed by atoms with Crippen LogP contribution >= 0.6 is 0 Å². The molecule has 0 bridgehead atoms. The fourth-order valence-corrected chi connectivity index (χ4v) is 1.87. The van der Waals surface area contributed by atoms with E-state index in [-0.39, 0.29) is 0 Å². The van der Waals surface area contributed by atoms with Crippen LogP contribution in [0.4, 0.5) is 0 Å². The zero-order valence-electron chi connectivity index (χ0n) is 11.6. The Kier molecular flexibility index (Phi) is 7.20. The minimum Gasteiger partial charge on any atom is -0.316 e. The Morgan fingerprint density at radius 2 is 1.80 bits per heavy atom. The Hall–Kier alpha value is -0.0800. The van der Waals surface area contributed by atoms with E-state index in [1.807, 2.05) is 0 Å². The summed E-state index contributed by atoms with van der Waals surface area (Å²) in [7, 11) is 0. The molecule has 0 aliphatic heterocycles. The van der Waals surface area contributed by atoms with Crippen molar-refractivity contribution in [3.05, 3.63) is 0 Å². The molecule has 2 heteroatoms. The summed E-state index contributed by atoms with van der Waals surface area (Å²) in [6.45, 7) is 18.2. The summed E-state index contributed by atoms with van der Waals surface area (Å²) in [5, 5.41) is 3.48. The second kappa shape index (κ2) is 7.24. The van der Waals surface area contributed by atoms with Gasteiger partial charge in [-0.3, -0.25) is 0 Å². The van der Waals surface area contributed by atoms with Crippen LogP contribution in [0.3, 0.4) is 0 Å². The van der Waals surface area contributed by atoms with E-state index in [2.05, 4.69) is 51.8 Å². The van der Waals surface area contributed by atoms with Crippen molar-refractivity contribution in [2.24, 2.45) is 5.41 Å². The van der Waals surface area contributed by atoms with Crippen molar-refractivity contribution in [2.75, 3.05) is 26.2 Å². The van der Waals surface area contributed by atoms with E-state index in [9.17, 15) is 0 Å². The lowest BCUT2D eigenvalue weighted by atomic mass is 9.86. The van der Waals surface area contributed by atoms with Crippen LogP contribution in [0.5, 0.6) is 0 Å². The summed E-state index contributed by atoms with van der Waals surface area (Å²) in [5.41, 5.74) is 0.413. The fourth-order valence-electron chi connectivity index (χ4n) is 1.87. The molecule has 0 aromatic heterocycles. The van der Waals surface area contributed by atoms with Crippen LogP contribution < -0.4 is 5.32 Å². The maximum absolute atomic E-state index is 3.48. The van der Waals surface area contributed by atoms with Gasteiger partial charge in [-0.05, 0) is 38.8 Å². The van der Waals surface area contributed by atoms with Gasteiger partial charge in [-0.25, -0.2) is 0 Å². The van der Waals surface area contributed by atoms with E-state index in [1.54, 1.807) is 0 Å². The van der Waals surface area contributed by atoms with Gasteiger partial charge in [0.05, 0.1) is 0 Å². The van der Waals surface area contributed by atoms with Crippen molar-refractivity contribution in [3.8, 4) is 0 Å². The Balaban J connectivity index is 4.26. The zero-order valence-corrected chi connectivity index (χ0v) is 11.6. The average Bonchev–Trinajstić information content (AvgIpc) is 2.22. The van der Waals surface area contributed by atoms with Gasteiger partial charge in [-0.1, -0.05) is 27.7 Å². The van der Waals surface area contributed by atoms with Gasteiger partial charge < -0.3 is 10.2 Å². The lowest BCUT2D eigenvalue weighted by Crippen LogP contribution is -2.44. The van der Waals surface area contributed by atoms with Crippen LogP contribution in [0.25, 0.3) is 0 Å². The monoisotopic (exact) mass is 214 g/mol. The van der Waals surface area contributed by atoms with Crippen molar-refractivity contribution in [1.29, 1.82) is 0 Å². The highest BCUT2D eigenvalue weighted by Crippen LogP contribution is 2.22. The Morgan fingerprint density at radius 1 is 1.20 bits per heavy atom. The van der Waals surface area contributed by atoms with Gasteiger partial charge in [0.15, 0.2) is 0 Å².